The average Bonchev–Trinajstić information content (AvgIpc) is 3.30. The summed E-state index contributed by atoms with van der Waals surface area (Å²) in [7, 11) is 1.66. The van der Waals surface area contributed by atoms with Gasteiger partial charge in [0.1, 0.15) is 30.5 Å². The molecule has 1 aliphatic rings. The molecule has 4 rings (SSSR count). The van der Waals surface area contributed by atoms with Gasteiger partial charge in [-0.3, -0.25) is 4.90 Å². The van der Waals surface area contributed by atoms with Gasteiger partial charge in [-0.05, 0) is 60.3 Å². The predicted octanol–water partition coefficient (Wildman–Crippen LogP) is 4.81. The van der Waals surface area contributed by atoms with Crippen LogP contribution in [0.15, 0.2) is 72.8 Å². The van der Waals surface area contributed by atoms with Crippen molar-refractivity contribution >= 4 is 0 Å². The molecule has 0 spiro atoms. The van der Waals surface area contributed by atoms with E-state index in [1.165, 1.54) is 12.0 Å². The van der Waals surface area contributed by atoms with Crippen LogP contribution in [0, 0.1) is 0 Å². The first-order valence-corrected chi connectivity index (χ1v) is 11.1. The van der Waals surface area contributed by atoms with E-state index in [0.29, 0.717) is 19.3 Å². The van der Waals surface area contributed by atoms with E-state index in [-0.39, 0.29) is 6.61 Å². The van der Waals surface area contributed by atoms with E-state index in [1.54, 1.807) is 7.11 Å². The van der Waals surface area contributed by atoms with Crippen LogP contribution in [0.2, 0.25) is 0 Å². The highest BCUT2D eigenvalue weighted by molar-refractivity contribution is 5.34. The highest BCUT2D eigenvalue weighted by Gasteiger charge is 2.23. The fourth-order valence-corrected chi connectivity index (χ4v) is 3.99. The van der Waals surface area contributed by atoms with E-state index in [1.807, 2.05) is 48.5 Å². The molecule has 3 aromatic carbocycles. The molecule has 0 amide bonds. The van der Waals surface area contributed by atoms with Gasteiger partial charge in [0.2, 0.25) is 0 Å². The maximum atomic E-state index is 9.50. The van der Waals surface area contributed by atoms with Crippen LogP contribution in [-0.4, -0.2) is 36.3 Å². The minimum atomic E-state index is 0.245. The first-order chi connectivity index (χ1) is 15.7. The second-order valence-electron chi connectivity index (χ2n) is 8.17. The van der Waals surface area contributed by atoms with Crippen LogP contribution in [0.25, 0.3) is 0 Å². The SMILES string of the molecule is COc1ccc(COc2cccc(OCc3ccc(CN4CCC[C@@H]4CO)cc3)c2)cc1. The lowest BCUT2D eigenvalue weighted by Gasteiger charge is -2.22. The number of benzene rings is 3. The molecule has 168 valence electrons. The smallest absolute Gasteiger partial charge is 0.123 e. The fourth-order valence-electron chi connectivity index (χ4n) is 3.99. The maximum absolute atomic E-state index is 9.50. The Bertz CT molecular complexity index is 972. The number of rotatable bonds is 10. The molecule has 0 aromatic heterocycles. The third kappa shape index (κ3) is 6.02. The number of likely N-dealkylation sites (tertiary alicyclic amines) is 1. The minimum absolute atomic E-state index is 0.245. The first-order valence-electron chi connectivity index (χ1n) is 11.1. The van der Waals surface area contributed by atoms with Crippen LogP contribution < -0.4 is 14.2 Å². The molecular weight excluding hydrogens is 402 g/mol. The Kier molecular flexibility index (Phi) is 7.64. The van der Waals surface area contributed by atoms with E-state index in [9.17, 15) is 5.11 Å². The highest BCUT2D eigenvalue weighted by atomic mass is 16.5. The molecule has 0 unspecified atom stereocenters. The average molecular weight is 434 g/mol. The molecule has 0 radical (unpaired) electrons. The lowest BCUT2D eigenvalue weighted by atomic mass is 10.1. The third-order valence-corrected chi connectivity index (χ3v) is 5.89. The second-order valence-corrected chi connectivity index (χ2v) is 8.17. The van der Waals surface area contributed by atoms with Gasteiger partial charge in [-0.15, -0.1) is 0 Å². The van der Waals surface area contributed by atoms with E-state index in [4.69, 9.17) is 14.2 Å². The van der Waals surface area contributed by atoms with Crippen molar-refractivity contribution in [1.82, 2.24) is 4.90 Å². The van der Waals surface area contributed by atoms with Crippen molar-refractivity contribution < 1.29 is 19.3 Å². The van der Waals surface area contributed by atoms with Gasteiger partial charge in [0.05, 0.1) is 13.7 Å². The summed E-state index contributed by atoms with van der Waals surface area (Å²) >= 11 is 0. The van der Waals surface area contributed by atoms with Crippen molar-refractivity contribution in [2.45, 2.75) is 38.6 Å². The monoisotopic (exact) mass is 433 g/mol. The Morgan fingerprint density at radius 2 is 1.41 bits per heavy atom. The van der Waals surface area contributed by atoms with Crippen LogP contribution in [0.5, 0.6) is 17.2 Å². The van der Waals surface area contributed by atoms with Gasteiger partial charge in [0.25, 0.3) is 0 Å². The van der Waals surface area contributed by atoms with Crippen LogP contribution in [0.1, 0.15) is 29.5 Å². The number of hydrogen-bond acceptors (Lipinski definition) is 5. The molecule has 1 atom stereocenters. The molecule has 32 heavy (non-hydrogen) atoms. The van der Waals surface area contributed by atoms with Gasteiger partial charge in [-0.1, -0.05) is 42.5 Å². The Labute approximate surface area is 190 Å². The number of methoxy groups -OCH3 is 1. The maximum Gasteiger partial charge on any atom is 0.123 e. The Morgan fingerprint density at radius 3 is 2.00 bits per heavy atom. The Morgan fingerprint density at radius 1 is 0.812 bits per heavy atom. The quantitative estimate of drug-likeness (QED) is 0.497. The summed E-state index contributed by atoms with van der Waals surface area (Å²) in [5.41, 5.74) is 3.47. The fraction of sp³-hybridized carbons (Fsp3) is 0.333. The molecule has 1 saturated heterocycles. The van der Waals surface area contributed by atoms with E-state index in [2.05, 4.69) is 29.2 Å². The van der Waals surface area contributed by atoms with E-state index >= 15 is 0 Å². The molecule has 3 aromatic rings. The normalized spacial score (nSPS) is 16.1. The molecule has 1 heterocycles. The molecule has 0 bridgehead atoms. The van der Waals surface area contributed by atoms with Crippen LogP contribution in [0.3, 0.4) is 0 Å². The lowest BCUT2D eigenvalue weighted by Crippen LogP contribution is -2.31. The van der Waals surface area contributed by atoms with Crippen molar-refractivity contribution in [2.24, 2.45) is 0 Å². The summed E-state index contributed by atoms with van der Waals surface area (Å²) in [5.74, 6) is 2.39. The van der Waals surface area contributed by atoms with Gasteiger partial charge >= 0.3 is 0 Å². The van der Waals surface area contributed by atoms with Crippen molar-refractivity contribution in [2.75, 3.05) is 20.3 Å². The summed E-state index contributed by atoms with van der Waals surface area (Å²) in [5, 5.41) is 9.50. The molecular formula is C27H31NO4. The van der Waals surface area contributed by atoms with Gasteiger partial charge in [0, 0.05) is 18.7 Å². The number of ether oxygens (including phenoxy) is 3. The van der Waals surface area contributed by atoms with E-state index < -0.39 is 0 Å². The number of hydrogen-bond donors (Lipinski definition) is 1. The van der Waals surface area contributed by atoms with Gasteiger partial charge in [0.15, 0.2) is 0 Å². The largest absolute Gasteiger partial charge is 0.497 e. The van der Waals surface area contributed by atoms with Crippen molar-refractivity contribution in [3.05, 3.63) is 89.5 Å². The van der Waals surface area contributed by atoms with Gasteiger partial charge in [-0.25, -0.2) is 0 Å². The summed E-state index contributed by atoms with van der Waals surface area (Å²) in [6.07, 6.45) is 2.26. The zero-order valence-corrected chi connectivity index (χ0v) is 18.6. The highest BCUT2D eigenvalue weighted by Crippen LogP contribution is 2.23. The number of aliphatic hydroxyl groups is 1. The Balaban J connectivity index is 1.27. The molecule has 0 aliphatic carbocycles. The summed E-state index contributed by atoms with van der Waals surface area (Å²) in [6.45, 7) is 3.19. The zero-order chi connectivity index (χ0) is 22.2. The zero-order valence-electron chi connectivity index (χ0n) is 18.6. The van der Waals surface area contributed by atoms with Crippen molar-refractivity contribution in [3.8, 4) is 17.2 Å². The minimum Gasteiger partial charge on any atom is -0.497 e. The standard InChI is InChI=1S/C27H31NO4/c1-30-25-13-11-23(12-14-25)20-32-27-6-2-5-26(16-27)31-19-22-9-7-21(8-10-22)17-28-15-3-4-24(28)18-29/h2,5-14,16,24,29H,3-4,15,17-20H2,1H3/t24-/m1/s1. The molecule has 5 heteroatoms. The van der Waals surface area contributed by atoms with Gasteiger partial charge < -0.3 is 19.3 Å². The molecule has 5 nitrogen and oxygen atoms in total. The first kappa shape index (κ1) is 22.2. The second kappa shape index (κ2) is 11.0. The molecule has 1 fully saturated rings. The summed E-state index contributed by atoms with van der Waals surface area (Å²) in [4.78, 5) is 2.36. The topological polar surface area (TPSA) is 51.2 Å². The third-order valence-electron chi connectivity index (χ3n) is 5.89. The number of aliphatic hydroxyl groups excluding tert-OH is 1. The molecule has 1 aliphatic heterocycles. The van der Waals surface area contributed by atoms with Crippen LogP contribution >= 0.6 is 0 Å². The summed E-state index contributed by atoms with van der Waals surface area (Å²) < 4.78 is 17.1. The number of nitrogens with zero attached hydrogens (tertiary/aromatic N) is 1. The summed E-state index contributed by atoms with van der Waals surface area (Å²) in [6, 6.07) is 24.4. The van der Waals surface area contributed by atoms with E-state index in [0.717, 1.165) is 47.9 Å². The Hall–Kier alpha value is -3.02. The van der Waals surface area contributed by atoms with Gasteiger partial charge in [-0.2, -0.15) is 0 Å². The van der Waals surface area contributed by atoms with Crippen molar-refractivity contribution in [1.29, 1.82) is 0 Å². The van der Waals surface area contributed by atoms with Crippen LogP contribution in [-0.2, 0) is 19.8 Å². The lowest BCUT2D eigenvalue weighted by molar-refractivity contribution is 0.153. The molecule has 0 saturated carbocycles. The van der Waals surface area contributed by atoms with Crippen LogP contribution in [0.4, 0.5) is 0 Å². The molecule has 1 N–H and O–H groups in total. The predicted molar refractivity (Wildman–Crippen MR) is 125 cm³/mol. The van der Waals surface area contributed by atoms with Crippen molar-refractivity contribution in [3.63, 3.8) is 0 Å².